The Morgan fingerprint density at radius 1 is 0.895 bits per heavy atom. The van der Waals surface area contributed by atoms with Gasteiger partial charge < -0.3 is 44.3 Å². The van der Waals surface area contributed by atoms with Gasteiger partial charge in [-0.25, -0.2) is 4.79 Å². The summed E-state index contributed by atoms with van der Waals surface area (Å²) >= 11 is 0. The molecule has 7 atom stereocenters. The van der Waals surface area contributed by atoms with Gasteiger partial charge in [0.2, 0.25) is 6.29 Å². The van der Waals surface area contributed by atoms with Gasteiger partial charge in [0.15, 0.2) is 29.1 Å². The van der Waals surface area contributed by atoms with Crippen LogP contribution in [0.2, 0.25) is 0 Å². The van der Waals surface area contributed by atoms with Crippen molar-refractivity contribution in [3.05, 3.63) is 47.5 Å². The first kappa shape index (κ1) is 29.4. The first-order valence-corrected chi connectivity index (χ1v) is 12.9. The number of aliphatic hydroxyl groups excluding tert-OH is 3. The molecule has 14 heteroatoms. The van der Waals surface area contributed by atoms with Gasteiger partial charge in [-0.05, 0) is 60.1 Å². The predicted octanol–water partition coefficient (Wildman–Crippen LogP) is 0.608. The van der Waals surface area contributed by atoms with Crippen LogP contribution in [0.3, 0.4) is 0 Å². The maximum absolute atomic E-state index is 11.2. The number of phenolic OH excluding ortho intramolecular Hbond substituents is 2. The molecule has 1 saturated heterocycles. The van der Waals surface area contributed by atoms with Gasteiger partial charge in [-0.2, -0.15) is 8.42 Å². The Hall–Kier alpha value is -3.14. The average molecular weight is 559 g/mol. The number of hydrogen-bond acceptors (Lipinski definition) is 11. The monoisotopic (exact) mass is 558 g/mol. The number of benzene rings is 2. The van der Waals surface area contributed by atoms with Crippen LogP contribution in [0.5, 0.6) is 23.0 Å². The van der Waals surface area contributed by atoms with Gasteiger partial charge in [0, 0.05) is 0 Å². The van der Waals surface area contributed by atoms with E-state index in [0.717, 1.165) is 5.56 Å². The molecule has 1 fully saturated rings. The summed E-state index contributed by atoms with van der Waals surface area (Å²) in [4.78, 5) is 11.2. The number of phenols is 2. The highest BCUT2D eigenvalue weighted by Crippen LogP contribution is 2.33. The second-order valence-corrected chi connectivity index (χ2v) is 10.4. The van der Waals surface area contributed by atoms with E-state index in [2.05, 4.69) is 4.18 Å². The fourth-order valence-corrected chi connectivity index (χ4v) is 4.45. The summed E-state index contributed by atoms with van der Waals surface area (Å²) in [6.45, 7) is 3.95. The zero-order chi connectivity index (χ0) is 28.4. The molecule has 7 N–H and O–H groups in total. The van der Waals surface area contributed by atoms with E-state index in [-0.39, 0.29) is 23.3 Å². The second kappa shape index (κ2) is 11.7. The predicted molar refractivity (Wildman–Crippen MR) is 129 cm³/mol. The fourth-order valence-electron chi connectivity index (χ4n) is 4.08. The molecule has 1 aliphatic rings. The molecule has 0 aromatic heterocycles. The van der Waals surface area contributed by atoms with Crippen molar-refractivity contribution in [1.29, 1.82) is 0 Å². The molecular weight excluding hydrogens is 528 g/mol. The summed E-state index contributed by atoms with van der Waals surface area (Å²) < 4.78 is 45.2. The highest BCUT2D eigenvalue weighted by Gasteiger charge is 2.48. The number of carbonyl (C=O) groups is 1. The molecule has 0 radical (unpaired) electrons. The summed E-state index contributed by atoms with van der Waals surface area (Å²) in [6.07, 6.45) is -7.93. The van der Waals surface area contributed by atoms with Crippen LogP contribution in [-0.4, -0.2) is 80.3 Å². The highest BCUT2D eigenvalue weighted by molar-refractivity contribution is 7.81. The summed E-state index contributed by atoms with van der Waals surface area (Å²) in [7, 11) is -4.77. The lowest BCUT2D eigenvalue weighted by Crippen LogP contribution is -2.61. The zero-order valence-corrected chi connectivity index (χ0v) is 21.2. The first-order chi connectivity index (χ1) is 17.7. The van der Waals surface area contributed by atoms with Gasteiger partial charge in [-0.3, -0.25) is 4.55 Å². The molecule has 0 aliphatic carbocycles. The Balaban J connectivity index is 1.62. The number of carboxylic acid groups (broad SMARTS) is 1. The number of aliphatic hydroxyl groups is 3. The van der Waals surface area contributed by atoms with Crippen LogP contribution >= 0.6 is 0 Å². The van der Waals surface area contributed by atoms with Crippen molar-refractivity contribution in [2.24, 2.45) is 11.8 Å². The lowest BCUT2D eigenvalue weighted by Gasteiger charge is -2.38. The molecule has 2 aromatic carbocycles. The van der Waals surface area contributed by atoms with Crippen molar-refractivity contribution < 1.29 is 62.1 Å². The Kier molecular flexibility index (Phi) is 9.07. The number of carboxylic acids is 1. The molecule has 38 heavy (non-hydrogen) atoms. The van der Waals surface area contributed by atoms with Crippen LogP contribution in [0.25, 0.3) is 0 Å². The van der Waals surface area contributed by atoms with E-state index in [1.54, 1.807) is 12.1 Å². The van der Waals surface area contributed by atoms with Crippen LogP contribution < -0.4 is 8.92 Å². The topological polar surface area (TPSA) is 221 Å². The van der Waals surface area contributed by atoms with Crippen molar-refractivity contribution in [3.8, 4) is 23.0 Å². The molecule has 1 aliphatic heterocycles. The van der Waals surface area contributed by atoms with Crippen LogP contribution in [0.15, 0.2) is 36.4 Å². The molecule has 3 rings (SSSR count). The molecule has 0 unspecified atom stereocenters. The molecule has 0 amide bonds. The van der Waals surface area contributed by atoms with Gasteiger partial charge in [-0.1, -0.05) is 26.0 Å². The molecule has 210 valence electrons. The van der Waals surface area contributed by atoms with Crippen molar-refractivity contribution in [3.63, 3.8) is 0 Å². The van der Waals surface area contributed by atoms with Gasteiger partial charge in [0.1, 0.15) is 18.3 Å². The van der Waals surface area contributed by atoms with E-state index >= 15 is 0 Å². The number of rotatable bonds is 10. The Morgan fingerprint density at radius 3 is 1.84 bits per heavy atom. The molecule has 1 heterocycles. The van der Waals surface area contributed by atoms with Crippen LogP contribution in [0, 0.1) is 11.8 Å². The third-order valence-corrected chi connectivity index (χ3v) is 6.77. The zero-order valence-electron chi connectivity index (χ0n) is 20.4. The fraction of sp³-hybridized carbons (Fsp3) is 0.458. The summed E-state index contributed by atoms with van der Waals surface area (Å²) in [5.74, 6) is -2.69. The number of aromatic hydroxyl groups is 2. The SMILES string of the molecule is C[C@H](Cc1ccc(O[C@@H]2O[C@H](C(=O)O)[C@@H](O)[C@H](O)[C@H]2O)c(O)c1)[C@@H](C)Cc1ccc(OS(=O)(=O)O)c(O)c1. The standard InChI is InChI=1S/C24H30O13S/c1-11(12(2)8-14-4-6-18(16(26)10-14)37-38(32,33)34)7-13-3-5-17(15(25)9-13)35-24-21(29)19(27)20(28)22(36-24)23(30)31/h3-6,9-12,19-22,24-29H,7-8H2,1-2H3,(H,30,31)(H,32,33,34)/t11-,12+,19+,20+,21-,22+,24-/m1/s1. The quantitative estimate of drug-likeness (QED) is 0.199. The highest BCUT2D eigenvalue weighted by atomic mass is 32.3. The van der Waals surface area contributed by atoms with E-state index < -0.39 is 58.6 Å². The summed E-state index contributed by atoms with van der Waals surface area (Å²) in [6, 6.07) is 8.62. The van der Waals surface area contributed by atoms with Gasteiger partial charge in [0.25, 0.3) is 0 Å². The van der Waals surface area contributed by atoms with E-state index in [9.17, 15) is 38.7 Å². The minimum absolute atomic E-state index is 0.0764. The Bertz CT molecular complexity index is 1250. The van der Waals surface area contributed by atoms with E-state index in [1.807, 2.05) is 13.8 Å². The van der Waals surface area contributed by atoms with Crippen LogP contribution in [-0.2, 0) is 32.8 Å². The molecule has 0 saturated carbocycles. The number of ether oxygens (including phenoxy) is 2. The first-order valence-electron chi connectivity index (χ1n) is 11.6. The van der Waals surface area contributed by atoms with E-state index in [4.69, 9.17) is 19.1 Å². The molecule has 0 bridgehead atoms. The molecule has 2 aromatic rings. The Labute approximate surface area is 218 Å². The number of hydrogen-bond donors (Lipinski definition) is 7. The molecule has 0 spiro atoms. The van der Waals surface area contributed by atoms with E-state index in [1.165, 1.54) is 24.3 Å². The van der Waals surface area contributed by atoms with Gasteiger partial charge in [0.05, 0.1) is 0 Å². The summed E-state index contributed by atoms with van der Waals surface area (Å²) in [5.41, 5.74) is 1.44. The number of aliphatic carboxylic acids is 1. The summed E-state index contributed by atoms with van der Waals surface area (Å²) in [5, 5.41) is 59.4. The van der Waals surface area contributed by atoms with Gasteiger partial charge >= 0.3 is 16.4 Å². The third-order valence-electron chi connectivity index (χ3n) is 6.38. The minimum Gasteiger partial charge on any atom is -0.504 e. The maximum Gasteiger partial charge on any atom is 0.446 e. The van der Waals surface area contributed by atoms with Crippen molar-refractivity contribution in [2.75, 3.05) is 0 Å². The molecular formula is C24H30O13S. The van der Waals surface area contributed by atoms with Crippen LogP contribution in [0.1, 0.15) is 25.0 Å². The van der Waals surface area contributed by atoms with E-state index in [0.29, 0.717) is 18.4 Å². The third kappa shape index (κ3) is 7.24. The van der Waals surface area contributed by atoms with Gasteiger partial charge in [-0.15, -0.1) is 0 Å². The smallest absolute Gasteiger partial charge is 0.446 e. The largest absolute Gasteiger partial charge is 0.504 e. The normalized spacial score (nSPS) is 25.4. The average Bonchev–Trinajstić information content (AvgIpc) is 2.81. The van der Waals surface area contributed by atoms with Crippen molar-refractivity contribution in [2.45, 2.75) is 57.4 Å². The van der Waals surface area contributed by atoms with Crippen molar-refractivity contribution >= 4 is 16.4 Å². The maximum atomic E-state index is 11.2. The lowest BCUT2D eigenvalue weighted by atomic mass is 9.85. The van der Waals surface area contributed by atoms with Crippen molar-refractivity contribution in [1.82, 2.24) is 0 Å². The lowest BCUT2D eigenvalue weighted by molar-refractivity contribution is -0.271. The van der Waals surface area contributed by atoms with Crippen LogP contribution in [0.4, 0.5) is 0 Å². The minimum atomic E-state index is -4.77. The second-order valence-electron chi connectivity index (χ2n) is 9.33. The Morgan fingerprint density at radius 2 is 1.39 bits per heavy atom. The molecule has 13 nitrogen and oxygen atoms in total.